The molecular formula is C15H17FO4S. The highest BCUT2D eigenvalue weighted by atomic mass is 32.2. The van der Waals surface area contributed by atoms with E-state index in [-0.39, 0.29) is 5.25 Å². The molecule has 1 aliphatic rings. The van der Waals surface area contributed by atoms with Gasteiger partial charge in [-0.1, -0.05) is 25.1 Å². The van der Waals surface area contributed by atoms with Crippen molar-refractivity contribution in [1.29, 1.82) is 0 Å². The van der Waals surface area contributed by atoms with Crippen LogP contribution in [0, 0.1) is 0 Å². The number of hydrogen-bond donors (Lipinski definition) is 0. The van der Waals surface area contributed by atoms with Crippen LogP contribution in [-0.4, -0.2) is 34.9 Å². The smallest absolute Gasteiger partial charge is 0.338 e. The van der Waals surface area contributed by atoms with Gasteiger partial charge >= 0.3 is 11.9 Å². The van der Waals surface area contributed by atoms with Gasteiger partial charge in [-0.05, 0) is 18.6 Å². The van der Waals surface area contributed by atoms with Crippen LogP contribution in [0.4, 0.5) is 4.39 Å². The number of carbonyl (C=O) groups excluding carboxylic acids is 2. The van der Waals surface area contributed by atoms with Crippen LogP contribution in [0.1, 0.15) is 30.6 Å². The van der Waals surface area contributed by atoms with Crippen molar-refractivity contribution in [3.05, 3.63) is 35.9 Å². The molecule has 0 N–H and O–H groups in total. The molecule has 0 bridgehead atoms. The predicted molar refractivity (Wildman–Crippen MR) is 77.8 cm³/mol. The fraction of sp³-hybridized carbons (Fsp3) is 0.467. The van der Waals surface area contributed by atoms with Gasteiger partial charge in [0.05, 0.1) is 5.56 Å². The van der Waals surface area contributed by atoms with Crippen molar-refractivity contribution in [2.24, 2.45) is 0 Å². The van der Waals surface area contributed by atoms with Crippen LogP contribution in [0.25, 0.3) is 0 Å². The molecule has 1 saturated heterocycles. The zero-order valence-electron chi connectivity index (χ0n) is 11.8. The van der Waals surface area contributed by atoms with E-state index in [1.165, 1.54) is 18.7 Å². The topological polar surface area (TPSA) is 52.6 Å². The van der Waals surface area contributed by atoms with Gasteiger partial charge in [-0.15, -0.1) is 11.8 Å². The third-order valence-electron chi connectivity index (χ3n) is 3.18. The number of halogens is 1. The highest BCUT2D eigenvalue weighted by Gasteiger charge is 2.48. The Morgan fingerprint density at radius 1 is 1.24 bits per heavy atom. The molecular weight excluding hydrogens is 295 g/mol. The second-order valence-corrected chi connectivity index (χ2v) is 6.08. The molecule has 2 rings (SSSR count). The largest absolute Gasteiger partial charge is 0.451 e. The maximum Gasteiger partial charge on any atom is 0.338 e. The second-order valence-electron chi connectivity index (χ2n) is 4.74. The third kappa shape index (κ3) is 3.75. The monoisotopic (exact) mass is 312 g/mol. The molecule has 21 heavy (non-hydrogen) atoms. The van der Waals surface area contributed by atoms with Crippen LogP contribution < -0.4 is 0 Å². The number of rotatable bonds is 4. The SMILES string of the molecule is CC[C@H]1S[C@@H](OC(C)=O)[C@@H](OC(=O)c2ccccc2)C1F. The maximum atomic E-state index is 14.3. The lowest BCUT2D eigenvalue weighted by atomic mass is 10.1. The summed E-state index contributed by atoms with van der Waals surface area (Å²) in [7, 11) is 0. The standard InChI is InChI=1S/C15H17FO4S/c1-3-11-12(16)13(15(21-11)19-9(2)17)20-14(18)10-7-5-4-6-8-10/h4-8,11-13,15H,3H2,1-2H3/t11-,12?,13+,15-/m1/s1. The van der Waals surface area contributed by atoms with Gasteiger partial charge in [0.15, 0.2) is 17.7 Å². The fourth-order valence-electron chi connectivity index (χ4n) is 2.15. The van der Waals surface area contributed by atoms with Gasteiger partial charge in [0.2, 0.25) is 0 Å². The molecule has 0 radical (unpaired) electrons. The van der Waals surface area contributed by atoms with E-state index >= 15 is 0 Å². The lowest BCUT2D eigenvalue weighted by Crippen LogP contribution is -2.36. The molecule has 4 atom stereocenters. The number of benzene rings is 1. The molecule has 114 valence electrons. The second kappa shape index (κ2) is 6.93. The molecule has 6 heteroatoms. The summed E-state index contributed by atoms with van der Waals surface area (Å²) in [5, 5.41) is -0.345. The van der Waals surface area contributed by atoms with E-state index in [0.29, 0.717) is 12.0 Å². The van der Waals surface area contributed by atoms with Crippen LogP contribution in [-0.2, 0) is 14.3 Å². The summed E-state index contributed by atoms with van der Waals surface area (Å²) in [6.07, 6.45) is -1.85. The highest BCUT2D eigenvalue weighted by Crippen LogP contribution is 2.40. The van der Waals surface area contributed by atoms with Gasteiger partial charge < -0.3 is 9.47 Å². The first-order valence-electron chi connectivity index (χ1n) is 6.75. The summed E-state index contributed by atoms with van der Waals surface area (Å²) in [6.45, 7) is 3.10. The summed E-state index contributed by atoms with van der Waals surface area (Å²) in [5.74, 6) is -1.13. The van der Waals surface area contributed by atoms with Crippen molar-refractivity contribution in [2.45, 2.75) is 43.2 Å². The lowest BCUT2D eigenvalue weighted by molar-refractivity contribution is -0.147. The van der Waals surface area contributed by atoms with Gasteiger partial charge in [-0.2, -0.15) is 0 Å². The van der Waals surface area contributed by atoms with E-state index in [1.807, 2.05) is 6.92 Å². The van der Waals surface area contributed by atoms with Crippen LogP contribution >= 0.6 is 11.8 Å². The Morgan fingerprint density at radius 3 is 2.48 bits per heavy atom. The summed E-state index contributed by atoms with van der Waals surface area (Å²) >= 11 is 1.20. The number of alkyl halides is 1. The van der Waals surface area contributed by atoms with E-state index in [2.05, 4.69) is 0 Å². The van der Waals surface area contributed by atoms with E-state index < -0.39 is 29.7 Å². The molecule has 0 aromatic heterocycles. The molecule has 0 amide bonds. The molecule has 0 saturated carbocycles. The highest BCUT2D eigenvalue weighted by molar-refractivity contribution is 8.00. The minimum atomic E-state index is -1.35. The van der Waals surface area contributed by atoms with Crippen LogP contribution in [0.5, 0.6) is 0 Å². The van der Waals surface area contributed by atoms with Gasteiger partial charge in [-0.3, -0.25) is 4.79 Å². The summed E-state index contributed by atoms with van der Waals surface area (Å²) in [6, 6.07) is 8.36. The summed E-state index contributed by atoms with van der Waals surface area (Å²) in [4.78, 5) is 23.1. The predicted octanol–water partition coefficient (Wildman–Crippen LogP) is 2.96. The molecule has 0 aliphatic carbocycles. The van der Waals surface area contributed by atoms with E-state index in [0.717, 1.165) is 0 Å². The van der Waals surface area contributed by atoms with Gasteiger partial charge in [0.25, 0.3) is 0 Å². The number of thioether (sulfide) groups is 1. The Balaban J connectivity index is 2.11. The number of esters is 2. The Morgan fingerprint density at radius 2 is 1.90 bits per heavy atom. The van der Waals surface area contributed by atoms with Crippen molar-refractivity contribution in [2.75, 3.05) is 0 Å². The average Bonchev–Trinajstić information content (AvgIpc) is 2.76. The zero-order valence-corrected chi connectivity index (χ0v) is 12.6. The van der Waals surface area contributed by atoms with Crippen molar-refractivity contribution in [3.63, 3.8) is 0 Å². The summed E-state index contributed by atoms with van der Waals surface area (Å²) < 4.78 is 24.7. The fourth-order valence-corrected chi connectivity index (χ4v) is 3.55. The third-order valence-corrected chi connectivity index (χ3v) is 4.76. The van der Waals surface area contributed by atoms with Crippen molar-refractivity contribution < 1.29 is 23.5 Å². The quantitative estimate of drug-likeness (QED) is 0.800. The Hall–Kier alpha value is -1.56. The molecule has 1 aromatic rings. The normalized spacial score (nSPS) is 28.1. The first-order chi connectivity index (χ1) is 10.0. The minimum Gasteiger partial charge on any atom is -0.451 e. The maximum absolute atomic E-state index is 14.3. The zero-order chi connectivity index (χ0) is 15.4. The lowest BCUT2D eigenvalue weighted by Gasteiger charge is -2.20. The van der Waals surface area contributed by atoms with Crippen molar-refractivity contribution >= 4 is 23.7 Å². The first-order valence-corrected chi connectivity index (χ1v) is 7.70. The number of carbonyl (C=O) groups is 2. The van der Waals surface area contributed by atoms with Crippen molar-refractivity contribution in [1.82, 2.24) is 0 Å². The minimum absolute atomic E-state index is 0.344. The van der Waals surface area contributed by atoms with Crippen LogP contribution in [0.15, 0.2) is 30.3 Å². The molecule has 4 nitrogen and oxygen atoms in total. The van der Waals surface area contributed by atoms with E-state index in [1.54, 1.807) is 30.3 Å². The van der Waals surface area contributed by atoms with Crippen LogP contribution in [0.2, 0.25) is 0 Å². The molecule has 1 unspecified atom stereocenters. The molecule has 1 aromatic carbocycles. The van der Waals surface area contributed by atoms with Gasteiger partial charge in [0.1, 0.15) is 0 Å². The molecule has 1 aliphatic heterocycles. The van der Waals surface area contributed by atoms with Gasteiger partial charge in [0, 0.05) is 12.2 Å². The average molecular weight is 312 g/mol. The van der Waals surface area contributed by atoms with E-state index in [4.69, 9.17) is 9.47 Å². The van der Waals surface area contributed by atoms with Crippen molar-refractivity contribution in [3.8, 4) is 0 Å². The number of hydrogen-bond acceptors (Lipinski definition) is 5. The van der Waals surface area contributed by atoms with Crippen LogP contribution in [0.3, 0.4) is 0 Å². The van der Waals surface area contributed by atoms with E-state index in [9.17, 15) is 14.0 Å². The number of ether oxygens (including phenoxy) is 2. The van der Waals surface area contributed by atoms with Gasteiger partial charge in [-0.25, -0.2) is 9.18 Å². The Labute approximate surface area is 127 Å². The Bertz CT molecular complexity index is 508. The Kier molecular flexibility index (Phi) is 5.22. The first kappa shape index (κ1) is 15.8. The molecule has 1 fully saturated rings. The molecule has 0 spiro atoms. The molecule has 1 heterocycles. The summed E-state index contributed by atoms with van der Waals surface area (Å²) in [5.41, 5.74) is -0.452.